The van der Waals surface area contributed by atoms with Crippen LogP contribution >= 0.6 is 0 Å². The molecule has 0 saturated carbocycles. The van der Waals surface area contributed by atoms with E-state index in [1.54, 1.807) is 27.7 Å². The first-order chi connectivity index (χ1) is 7.07. The van der Waals surface area contributed by atoms with E-state index >= 15 is 0 Å². The quantitative estimate of drug-likeness (QED) is 0.704. The summed E-state index contributed by atoms with van der Waals surface area (Å²) < 4.78 is 41.0. The maximum absolute atomic E-state index is 12.2. The second kappa shape index (κ2) is 5.55. The Morgan fingerprint density at radius 3 is 1.62 bits per heavy atom. The van der Waals surface area contributed by atoms with Gasteiger partial charge in [-0.1, -0.05) is 27.7 Å². The van der Waals surface area contributed by atoms with Gasteiger partial charge in [-0.05, 0) is 18.8 Å². The van der Waals surface area contributed by atoms with Crippen LogP contribution in [0.2, 0.25) is 0 Å². The predicted octanol–water partition coefficient (Wildman–Crippen LogP) is 3.41. The summed E-state index contributed by atoms with van der Waals surface area (Å²) in [6.07, 6.45) is -6.53. The number of hydrogen-bond donors (Lipinski definition) is 0. The molecule has 0 bridgehead atoms. The van der Waals surface area contributed by atoms with Crippen LogP contribution in [0.15, 0.2) is 0 Å². The Kier molecular flexibility index (Phi) is 5.29. The number of alkyl halides is 3. The topological polar surface area (TPSA) is 26.3 Å². The highest BCUT2D eigenvalue weighted by Gasteiger charge is 2.40. The summed E-state index contributed by atoms with van der Waals surface area (Å²) in [6.45, 7) is 8.03. The Morgan fingerprint density at radius 1 is 1.00 bits per heavy atom. The zero-order valence-electron chi connectivity index (χ0n) is 10.3. The third kappa shape index (κ3) is 4.41. The maximum Gasteiger partial charge on any atom is 0.425 e. The average Bonchev–Trinajstić information content (AvgIpc) is 1.99. The molecule has 0 aromatic heterocycles. The van der Waals surface area contributed by atoms with Crippen molar-refractivity contribution in [3.63, 3.8) is 0 Å². The fraction of sp³-hybridized carbons (Fsp3) is 0.909. The summed E-state index contributed by atoms with van der Waals surface area (Å²) >= 11 is 0. The molecule has 0 radical (unpaired) electrons. The van der Waals surface area contributed by atoms with Crippen LogP contribution in [0, 0.1) is 17.8 Å². The second-order valence-corrected chi connectivity index (χ2v) is 4.63. The molecule has 16 heavy (non-hydrogen) atoms. The highest BCUT2D eigenvalue weighted by atomic mass is 19.4. The van der Waals surface area contributed by atoms with Crippen molar-refractivity contribution in [2.45, 2.75) is 46.9 Å². The van der Waals surface area contributed by atoms with Crippen molar-refractivity contribution in [2.24, 2.45) is 17.8 Å². The van der Waals surface area contributed by atoms with Crippen LogP contribution in [0.3, 0.4) is 0 Å². The Morgan fingerprint density at radius 2 is 1.38 bits per heavy atom. The van der Waals surface area contributed by atoms with Crippen LogP contribution in [-0.4, -0.2) is 18.2 Å². The number of halogens is 3. The summed E-state index contributed by atoms with van der Waals surface area (Å²) in [6, 6.07) is 0. The van der Waals surface area contributed by atoms with Gasteiger partial charge in [-0.25, -0.2) is 0 Å². The van der Waals surface area contributed by atoms with Crippen LogP contribution in [-0.2, 0) is 9.53 Å². The van der Waals surface area contributed by atoms with Crippen LogP contribution in [0.1, 0.15) is 34.6 Å². The lowest BCUT2D eigenvalue weighted by molar-refractivity contribution is -0.220. The monoisotopic (exact) mass is 240 g/mol. The summed E-state index contributed by atoms with van der Waals surface area (Å²) in [5.41, 5.74) is 0. The van der Waals surface area contributed by atoms with Gasteiger partial charge < -0.3 is 4.74 Å². The van der Waals surface area contributed by atoms with Crippen molar-refractivity contribution in [3.8, 4) is 0 Å². The van der Waals surface area contributed by atoms with Gasteiger partial charge in [0.25, 0.3) is 0 Å². The SMILES string of the molecule is CC(C)C(C(=O)OC(C)C(F)(F)F)C(C)C. The lowest BCUT2D eigenvalue weighted by Gasteiger charge is -2.25. The van der Waals surface area contributed by atoms with Gasteiger partial charge in [-0.15, -0.1) is 0 Å². The fourth-order valence-corrected chi connectivity index (χ4v) is 1.63. The molecular formula is C11H19F3O2. The van der Waals surface area contributed by atoms with Gasteiger partial charge in [-0.2, -0.15) is 13.2 Å². The van der Waals surface area contributed by atoms with Crippen molar-refractivity contribution >= 4 is 5.97 Å². The largest absolute Gasteiger partial charge is 0.453 e. The molecule has 0 rings (SSSR count). The third-order valence-electron chi connectivity index (χ3n) is 2.46. The van der Waals surface area contributed by atoms with E-state index < -0.39 is 24.2 Å². The molecule has 0 spiro atoms. The van der Waals surface area contributed by atoms with Gasteiger partial charge >= 0.3 is 12.1 Å². The average molecular weight is 240 g/mol. The molecule has 0 aliphatic carbocycles. The van der Waals surface area contributed by atoms with Crippen LogP contribution < -0.4 is 0 Å². The maximum atomic E-state index is 12.2. The minimum atomic E-state index is -4.49. The summed E-state index contributed by atoms with van der Waals surface area (Å²) in [5.74, 6) is -1.33. The first kappa shape index (κ1) is 15.3. The molecular weight excluding hydrogens is 221 g/mol. The highest BCUT2D eigenvalue weighted by molar-refractivity contribution is 5.73. The first-order valence-electron chi connectivity index (χ1n) is 5.34. The van der Waals surface area contributed by atoms with Crippen molar-refractivity contribution in [3.05, 3.63) is 0 Å². The van der Waals surface area contributed by atoms with E-state index in [0.29, 0.717) is 0 Å². The lowest BCUT2D eigenvalue weighted by Crippen LogP contribution is -2.36. The van der Waals surface area contributed by atoms with Crippen molar-refractivity contribution in [1.82, 2.24) is 0 Å². The molecule has 0 amide bonds. The van der Waals surface area contributed by atoms with Gasteiger partial charge in [0.15, 0.2) is 6.10 Å². The van der Waals surface area contributed by atoms with Gasteiger partial charge in [0.05, 0.1) is 5.92 Å². The van der Waals surface area contributed by atoms with E-state index in [-0.39, 0.29) is 11.8 Å². The number of hydrogen-bond acceptors (Lipinski definition) is 2. The predicted molar refractivity (Wildman–Crippen MR) is 54.8 cm³/mol. The Labute approximate surface area is 94.2 Å². The second-order valence-electron chi connectivity index (χ2n) is 4.63. The van der Waals surface area contributed by atoms with Crippen LogP contribution in [0.5, 0.6) is 0 Å². The molecule has 0 saturated heterocycles. The smallest absolute Gasteiger partial charge is 0.425 e. The van der Waals surface area contributed by atoms with Crippen molar-refractivity contribution < 1.29 is 22.7 Å². The molecule has 2 nitrogen and oxygen atoms in total. The van der Waals surface area contributed by atoms with Gasteiger partial charge in [0.2, 0.25) is 0 Å². The van der Waals surface area contributed by atoms with Crippen molar-refractivity contribution in [1.29, 1.82) is 0 Å². The molecule has 0 aliphatic heterocycles. The Bertz CT molecular complexity index is 226. The van der Waals surface area contributed by atoms with E-state index in [4.69, 9.17) is 0 Å². The molecule has 5 heteroatoms. The van der Waals surface area contributed by atoms with E-state index in [2.05, 4.69) is 4.74 Å². The standard InChI is InChI=1S/C11H19F3O2/c1-6(2)9(7(3)4)10(15)16-8(5)11(12,13)14/h6-9H,1-5H3. The minimum Gasteiger partial charge on any atom is -0.453 e. The molecule has 0 N–H and O–H groups in total. The highest BCUT2D eigenvalue weighted by Crippen LogP contribution is 2.27. The van der Waals surface area contributed by atoms with E-state index in [1.807, 2.05) is 0 Å². The molecule has 96 valence electrons. The first-order valence-corrected chi connectivity index (χ1v) is 5.34. The number of esters is 1. The number of carbonyl (C=O) groups excluding carboxylic acids is 1. The normalized spacial score (nSPS) is 14.7. The zero-order valence-corrected chi connectivity index (χ0v) is 10.3. The van der Waals surface area contributed by atoms with E-state index in [9.17, 15) is 18.0 Å². The number of carbonyl (C=O) groups is 1. The molecule has 0 aromatic rings. The van der Waals surface area contributed by atoms with Gasteiger partial charge in [0.1, 0.15) is 0 Å². The van der Waals surface area contributed by atoms with Crippen LogP contribution in [0.4, 0.5) is 13.2 Å². The zero-order chi connectivity index (χ0) is 13.1. The summed E-state index contributed by atoms with van der Waals surface area (Å²) in [7, 11) is 0. The minimum absolute atomic E-state index is 0.0343. The Balaban J connectivity index is 4.55. The Hall–Kier alpha value is -0.740. The number of rotatable bonds is 4. The molecule has 0 aliphatic rings. The molecule has 0 heterocycles. The van der Waals surface area contributed by atoms with Gasteiger partial charge in [-0.3, -0.25) is 4.79 Å². The van der Waals surface area contributed by atoms with E-state index in [0.717, 1.165) is 6.92 Å². The lowest BCUT2D eigenvalue weighted by atomic mass is 9.86. The molecule has 0 fully saturated rings. The van der Waals surface area contributed by atoms with Crippen LogP contribution in [0.25, 0.3) is 0 Å². The molecule has 1 atom stereocenters. The fourth-order valence-electron chi connectivity index (χ4n) is 1.63. The summed E-state index contributed by atoms with van der Waals surface area (Å²) in [4.78, 5) is 11.6. The third-order valence-corrected chi connectivity index (χ3v) is 2.46. The molecule has 1 unspecified atom stereocenters. The summed E-state index contributed by atoms with van der Waals surface area (Å²) in [5, 5.41) is 0. The number of ether oxygens (including phenoxy) is 1. The van der Waals surface area contributed by atoms with Gasteiger partial charge in [0, 0.05) is 0 Å². The van der Waals surface area contributed by atoms with Crippen molar-refractivity contribution in [2.75, 3.05) is 0 Å². The van der Waals surface area contributed by atoms with E-state index in [1.165, 1.54) is 0 Å². The molecule has 0 aromatic carbocycles.